The van der Waals surface area contributed by atoms with Crippen LogP contribution in [0.5, 0.6) is 0 Å². The largest absolute Gasteiger partial charge is 0.345 e. The lowest BCUT2D eigenvalue weighted by molar-refractivity contribution is 0.948. The minimum Gasteiger partial charge on any atom is -0.345 e. The molecule has 0 fully saturated rings. The van der Waals surface area contributed by atoms with Gasteiger partial charge in [-0.3, -0.25) is 4.79 Å². The van der Waals surface area contributed by atoms with Gasteiger partial charge in [-0.25, -0.2) is 4.52 Å². The molecule has 0 atom stereocenters. The lowest BCUT2D eigenvalue weighted by Crippen LogP contribution is -2.06. The van der Waals surface area contributed by atoms with E-state index in [4.69, 9.17) is 0 Å². The molecule has 6 nitrogen and oxygen atoms in total. The van der Waals surface area contributed by atoms with Crippen molar-refractivity contribution in [3.05, 3.63) is 46.8 Å². The summed E-state index contributed by atoms with van der Waals surface area (Å²) in [6, 6.07) is 8.76. The molecule has 0 spiro atoms. The molecule has 0 aliphatic rings. The highest BCUT2D eigenvalue weighted by atomic mass is 16.1. The van der Waals surface area contributed by atoms with Crippen LogP contribution in [0.15, 0.2) is 41.3 Å². The smallest absolute Gasteiger partial charge is 0.208 e. The fourth-order valence-electron chi connectivity index (χ4n) is 2.10. The van der Waals surface area contributed by atoms with Crippen LogP contribution in [0.25, 0.3) is 27.7 Å². The fourth-order valence-corrected chi connectivity index (χ4v) is 2.10. The van der Waals surface area contributed by atoms with Gasteiger partial charge in [0.25, 0.3) is 0 Å². The molecular formula is C12H7N5O. The molecule has 3 heterocycles. The van der Waals surface area contributed by atoms with Crippen molar-refractivity contribution in [3.8, 4) is 0 Å². The van der Waals surface area contributed by atoms with Gasteiger partial charge in [0.05, 0.1) is 10.9 Å². The number of hydrogen-bond donors (Lipinski definition) is 1. The summed E-state index contributed by atoms with van der Waals surface area (Å²) in [7, 11) is 0. The molecule has 0 aliphatic carbocycles. The van der Waals surface area contributed by atoms with E-state index in [0.717, 1.165) is 11.0 Å². The summed E-state index contributed by atoms with van der Waals surface area (Å²) in [5, 5.41) is 13.4. The van der Waals surface area contributed by atoms with Gasteiger partial charge in [0, 0.05) is 6.20 Å². The average Bonchev–Trinajstić information content (AvgIpc) is 2.78. The zero-order chi connectivity index (χ0) is 12.1. The topological polar surface area (TPSA) is 75.9 Å². The van der Waals surface area contributed by atoms with Gasteiger partial charge in [-0.05, 0) is 24.3 Å². The van der Waals surface area contributed by atoms with Gasteiger partial charge in [0.2, 0.25) is 5.43 Å². The quantitative estimate of drug-likeness (QED) is 0.497. The van der Waals surface area contributed by atoms with Gasteiger partial charge < -0.3 is 4.98 Å². The van der Waals surface area contributed by atoms with Crippen LogP contribution in [0.1, 0.15) is 0 Å². The summed E-state index contributed by atoms with van der Waals surface area (Å²) in [5.74, 6) is 0. The maximum Gasteiger partial charge on any atom is 0.208 e. The molecule has 1 aromatic carbocycles. The lowest BCUT2D eigenvalue weighted by Gasteiger charge is -1.97. The predicted octanol–water partition coefficient (Wildman–Crippen LogP) is 1.12. The number of fused-ring (bicyclic) bond motifs is 5. The Balaban J connectivity index is 2.36. The number of hydrogen-bond acceptors (Lipinski definition) is 4. The van der Waals surface area contributed by atoms with E-state index in [2.05, 4.69) is 20.3 Å². The second-order valence-electron chi connectivity index (χ2n) is 3.99. The fraction of sp³-hybridized carbons (Fsp3) is 0. The first-order valence-corrected chi connectivity index (χ1v) is 5.46. The van der Waals surface area contributed by atoms with E-state index >= 15 is 0 Å². The molecule has 0 radical (unpaired) electrons. The maximum atomic E-state index is 11.7. The third kappa shape index (κ3) is 1.06. The standard InChI is InChI=1S/C12H7N5O/c18-9-5-1-4-8-10(9)14-15-12-7-3-2-6-13-11(7)16-17(8)12/h1-6H,(H,13,16). The van der Waals surface area contributed by atoms with Crippen molar-refractivity contribution >= 4 is 27.7 Å². The molecule has 4 aromatic rings. The van der Waals surface area contributed by atoms with E-state index in [1.54, 1.807) is 16.8 Å². The number of aromatic nitrogens is 5. The summed E-state index contributed by atoms with van der Waals surface area (Å²) in [4.78, 5) is 14.7. The zero-order valence-corrected chi connectivity index (χ0v) is 9.16. The Morgan fingerprint density at radius 1 is 1.11 bits per heavy atom. The van der Waals surface area contributed by atoms with E-state index in [0.29, 0.717) is 16.7 Å². The Kier molecular flexibility index (Phi) is 1.62. The first-order chi connectivity index (χ1) is 8.84. The summed E-state index contributed by atoms with van der Waals surface area (Å²) in [5.41, 5.74) is 2.20. The molecule has 0 bridgehead atoms. The predicted molar refractivity (Wildman–Crippen MR) is 66.4 cm³/mol. The molecule has 1 N–H and O–H groups in total. The van der Waals surface area contributed by atoms with Crippen molar-refractivity contribution in [1.29, 1.82) is 0 Å². The number of nitrogens with zero attached hydrogens (tertiary/aromatic N) is 4. The molecule has 0 unspecified atom stereocenters. The molecule has 3 aromatic heterocycles. The Morgan fingerprint density at radius 2 is 2.06 bits per heavy atom. The van der Waals surface area contributed by atoms with Gasteiger partial charge in [0.1, 0.15) is 0 Å². The minimum atomic E-state index is -0.148. The maximum absolute atomic E-state index is 11.7. The van der Waals surface area contributed by atoms with Gasteiger partial charge in [0.15, 0.2) is 16.8 Å². The third-order valence-corrected chi connectivity index (χ3v) is 2.93. The summed E-state index contributed by atoms with van der Waals surface area (Å²) < 4.78 is 1.64. The number of pyridine rings is 1. The molecule has 18 heavy (non-hydrogen) atoms. The highest BCUT2D eigenvalue weighted by molar-refractivity contribution is 5.92. The molecule has 0 saturated heterocycles. The van der Waals surface area contributed by atoms with Crippen molar-refractivity contribution in [2.24, 2.45) is 0 Å². The second kappa shape index (κ2) is 3.13. The van der Waals surface area contributed by atoms with E-state index in [-0.39, 0.29) is 5.43 Å². The summed E-state index contributed by atoms with van der Waals surface area (Å²) >= 11 is 0. The van der Waals surface area contributed by atoms with Gasteiger partial charge >= 0.3 is 0 Å². The number of nitrogens with one attached hydrogen (secondary N) is 1. The number of aromatic amines is 1. The van der Waals surface area contributed by atoms with Crippen molar-refractivity contribution in [1.82, 2.24) is 24.8 Å². The van der Waals surface area contributed by atoms with Crippen molar-refractivity contribution in [2.75, 3.05) is 0 Å². The Labute approximate surface area is 99.9 Å². The van der Waals surface area contributed by atoms with Crippen LogP contribution in [-0.4, -0.2) is 24.8 Å². The molecule has 0 amide bonds. The Morgan fingerprint density at radius 3 is 3.00 bits per heavy atom. The van der Waals surface area contributed by atoms with Crippen LogP contribution in [0.4, 0.5) is 0 Å². The van der Waals surface area contributed by atoms with Crippen LogP contribution in [0, 0.1) is 0 Å². The van der Waals surface area contributed by atoms with Gasteiger partial charge in [-0.2, -0.15) is 0 Å². The SMILES string of the molecule is O=c1cccc2c1nnc1c3ccc[nH]c3nn21. The Hall–Kier alpha value is -2.76. The third-order valence-electron chi connectivity index (χ3n) is 2.93. The van der Waals surface area contributed by atoms with Crippen LogP contribution >= 0.6 is 0 Å². The molecule has 0 aliphatic heterocycles. The monoisotopic (exact) mass is 237 g/mol. The van der Waals surface area contributed by atoms with Crippen LogP contribution in [0.3, 0.4) is 0 Å². The van der Waals surface area contributed by atoms with Crippen LogP contribution < -0.4 is 5.43 Å². The number of benzene rings is 1. The van der Waals surface area contributed by atoms with E-state index < -0.39 is 0 Å². The highest BCUT2D eigenvalue weighted by Gasteiger charge is 2.10. The molecule has 6 heteroatoms. The van der Waals surface area contributed by atoms with Crippen molar-refractivity contribution in [3.63, 3.8) is 0 Å². The Bertz CT molecular complexity index is 953. The van der Waals surface area contributed by atoms with Crippen LogP contribution in [0.2, 0.25) is 0 Å². The van der Waals surface area contributed by atoms with Crippen molar-refractivity contribution in [2.45, 2.75) is 0 Å². The highest BCUT2D eigenvalue weighted by Crippen LogP contribution is 2.17. The number of rotatable bonds is 0. The minimum absolute atomic E-state index is 0.148. The first kappa shape index (κ1) is 9.29. The number of H-pyrrole nitrogens is 1. The second-order valence-corrected chi connectivity index (χ2v) is 3.99. The average molecular weight is 237 g/mol. The zero-order valence-electron chi connectivity index (χ0n) is 9.16. The van der Waals surface area contributed by atoms with E-state index in [9.17, 15) is 4.79 Å². The molecule has 4 rings (SSSR count). The molecule has 0 saturated carbocycles. The lowest BCUT2D eigenvalue weighted by atomic mass is 10.3. The normalized spacial score (nSPS) is 11.6. The van der Waals surface area contributed by atoms with Crippen LogP contribution in [-0.2, 0) is 0 Å². The summed E-state index contributed by atoms with van der Waals surface area (Å²) in [6.07, 6.45) is 1.80. The molecule has 86 valence electrons. The van der Waals surface area contributed by atoms with E-state index in [1.807, 2.05) is 18.2 Å². The van der Waals surface area contributed by atoms with E-state index in [1.165, 1.54) is 6.07 Å². The first-order valence-electron chi connectivity index (χ1n) is 5.46. The van der Waals surface area contributed by atoms with Gasteiger partial charge in [-0.15, -0.1) is 15.3 Å². The summed E-state index contributed by atoms with van der Waals surface area (Å²) in [6.45, 7) is 0. The molecular weight excluding hydrogens is 230 g/mol. The van der Waals surface area contributed by atoms with Gasteiger partial charge in [-0.1, -0.05) is 6.07 Å². The van der Waals surface area contributed by atoms with Crippen molar-refractivity contribution < 1.29 is 0 Å².